The molecule has 35 heavy (non-hydrogen) atoms. The number of aromatic nitrogens is 1. The molecule has 0 spiro atoms. The van der Waals surface area contributed by atoms with Crippen molar-refractivity contribution in [1.29, 1.82) is 0 Å². The molecule has 2 aromatic carbocycles. The smallest absolute Gasteiger partial charge is 0.244 e. The average Bonchev–Trinajstić information content (AvgIpc) is 2.89. The molecule has 9 heteroatoms. The van der Waals surface area contributed by atoms with Gasteiger partial charge in [0, 0.05) is 31.9 Å². The van der Waals surface area contributed by atoms with Crippen LogP contribution >= 0.6 is 0 Å². The number of pyridine rings is 1. The van der Waals surface area contributed by atoms with Gasteiger partial charge in [-0.15, -0.1) is 0 Å². The maximum absolute atomic E-state index is 14.3. The van der Waals surface area contributed by atoms with E-state index in [4.69, 9.17) is 4.74 Å². The van der Waals surface area contributed by atoms with Gasteiger partial charge < -0.3 is 10.1 Å². The van der Waals surface area contributed by atoms with Crippen LogP contribution in [0, 0.1) is 5.82 Å². The van der Waals surface area contributed by atoms with Gasteiger partial charge in [0.05, 0.1) is 11.1 Å². The second kappa shape index (κ2) is 11.2. The monoisotopic (exact) mass is 495 g/mol. The number of ether oxygens (including phenoxy) is 1. The number of hydrogen-bond donors (Lipinski definition) is 1. The van der Waals surface area contributed by atoms with Crippen molar-refractivity contribution in [3.63, 3.8) is 0 Å². The van der Waals surface area contributed by atoms with Crippen molar-refractivity contribution < 1.29 is 22.3 Å². The standard InChI is InChI=1S/C26H26FN3O4S/c27-24-17-20(8-12-25(24)34-22-5-4-14-28-19-22)9-13-26(31)29-18-21-6-10-23(11-7-21)35(32,33)30-15-2-1-3-16-30/h4-14,17,19H,1-3,15-16,18H2,(H,29,31)/b13-9+. The molecule has 1 saturated heterocycles. The van der Waals surface area contributed by atoms with Crippen LogP contribution in [-0.4, -0.2) is 36.7 Å². The lowest BCUT2D eigenvalue weighted by atomic mass is 10.2. The maximum Gasteiger partial charge on any atom is 0.244 e. The van der Waals surface area contributed by atoms with Gasteiger partial charge in [0.2, 0.25) is 15.9 Å². The van der Waals surface area contributed by atoms with Crippen LogP contribution in [0.3, 0.4) is 0 Å². The number of piperidine rings is 1. The van der Waals surface area contributed by atoms with Crippen molar-refractivity contribution >= 4 is 22.0 Å². The van der Waals surface area contributed by atoms with Crippen LogP contribution in [0.1, 0.15) is 30.4 Å². The van der Waals surface area contributed by atoms with Gasteiger partial charge in [0.1, 0.15) is 5.75 Å². The van der Waals surface area contributed by atoms with Crippen LogP contribution in [0.5, 0.6) is 11.5 Å². The van der Waals surface area contributed by atoms with Gasteiger partial charge in [0.25, 0.3) is 0 Å². The first-order valence-electron chi connectivity index (χ1n) is 11.3. The van der Waals surface area contributed by atoms with Crippen LogP contribution < -0.4 is 10.1 Å². The molecule has 1 aromatic heterocycles. The third-order valence-corrected chi connectivity index (χ3v) is 7.50. The van der Waals surface area contributed by atoms with Crippen molar-refractivity contribution in [3.8, 4) is 11.5 Å². The van der Waals surface area contributed by atoms with Crippen molar-refractivity contribution in [1.82, 2.24) is 14.6 Å². The van der Waals surface area contributed by atoms with E-state index in [1.165, 1.54) is 34.8 Å². The summed E-state index contributed by atoms with van der Waals surface area (Å²) in [7, 11) is -3.48. The summed E-state index contributed by atoms with van der Waals surface area (Å²) in [6.45, 7) is 1.34. The van der Waals surface area contributed by atoms with Crippen molar-refractivity contribution in [3.05, 3.63) is 90.0 Å². The molecular weight excluding hydrogens is 469 g/mol. The molecule has 0 radical (unpaired) electrons. The van der Waals surface area contributed by atoms with Crippen LogP contribution in [0.15, 0.2) is 78.0 Å². The first-order valence-corrected chi connectivity index (χ1v) is 12.8. The van der Waals surface area contributed by atoms with Gasteiger partial charge >= 0.3 is 0 Å². The number of carbonyl (C=O) groups is 1. The molecule has 0 unspecified atom stereocenters. The number of benzene rings is 2. The highest BCUT2D eigenvalue weighted by Gasteiger charge is 2.25. The Bertz CT molecular complexity index is 1290. The summed E-state index contributed by atoms with van der Waals surface area (Å²) in [6.07, 6.45) is 8.71. The van der Waals surface area contributed by atoms with Gasteiger partial charge in [-0.3, -0.25) is 9.78 Å². The third kappa shape index (κ3) is 6.52. The predicted octanol–water partition coefficient (Wildman–Crippen LogP) is 4.52. The molecule has 2 heterocycles. The molecule has 7 nitrogen and oxygen atoms in total. The highest BCUT2D eigenvalue weighted by atomic mass is 32.2. The Balaban J connectivity index is 1.30. The number of hydrogen-bond acceptors (Lipinski definition) is 5. The minimum absolute atomic E-state index is 0.0605. The fraction of sp³-hybridized carbons (Fsp3) is 0.231. The average molecular weight is 496 g/mol. The summed E-state index contributed by atoms with van der Waals surface area (Å²) in [5.74, 6) is -0.432. The molecule has 1 N–H and O–H groups in total. The Morgan fingerprint density at radius 3 is 2.54 bits per heavy atom. The Kier molecular flexibility index (Phi) is 7.89. The number of rotatable bonds is 8. The number of nitrogens with zero attached hydrogens (tertiary/aromatic N) is 2. The molecule has 1 fully saturated rings. The van der Waals surface area contributed by atoms with Crippen LogP contribution in [0.4, 0.5) is 4.39 Å². The molecule has 1 amide bonds. The summed E-state index contributed by atoms with van der Waals surface area (Å²) >= 11 is 0. The van der Waals surface area contributed by atoms with E-state index in [0.717, 1.165) is 24.8 Å². The first kappa shape index (κ1) is 24.6. The number of carbonyl (C=O) groups excluding carboxylic acids is 1. The Morgan fingerprint density at radius 1 is 1.09 bits per heavy atom. The van der Waals surface area contributed by atoms with Gasteiger partial charge in [-0.2, -0.15) is 4.31 Å². The Morgan fingerprint density at radius 2 is 1.86 bits per heavy atom. The lowest BCUT2D eigenvalue weighted by Crippen LogP contribution is -2.35. The fourth-order valence-corrected chi connectivity index (χ4v) is 5.21. The predicted molar refractivity (Wildman–Crippen MR) is 131 cm³/mol. The minimum Gasteiger partial charge on any atom is -0.453 e. The zero-order valence-electron chi connectivity index (χ0n) is 19.1. The van der Waals surface area contributed by atoms with Gasteiger partial charge in [-0.25, -0.2) is 12.8 Å². The maximum atomic E-state index is 14.3. The summed E-state index contributed by atoms with van der Waals surface area (Å²) < 4.78 is 46.8. The summed E-state index contributed by atoms with van der Waals surface area (Å²) in [5, 5.41) is 2.74. The number of halogens is 1. The molecule has 0 bridgehead atoms. The molecule has 1 aliphatic heterocycles. The molecule has 0 aliphatic carbocycles. The normalized spacial score (nSPS) is 14.7. The van der Waals surface area contributed by atoms with Crippen LogP contribution in [0.25, 0.3) is 6.08 Å². The second-order valence-corrected chi connectivity index (χ2v) is 10.1. The van der Waals surface area contributed by atoms with E-state index in [2.05, 4.69) is 10.3 Å². The number of amides is 1. The lowest BCUT2D eigenvalue weighted by molar-refractivity contribution is -0.116. The van der Waals surface area contributed by atoms with Gasteiger partial charge in [-0.05, 0) is 66.4 Å². The van der Waals surface area contributed by atoms with Gasteiger partial charge in [-0.1, -0.05) is 24.6 Å². The summed E-state index contributed by atoms with van der Waals surface area (Å²) in [4.78, 5) is 16.4. The summed E-state index contributed by atoms with van der Waals surface area (Å²) in [5.41, 5.74) is 1.27. The molecule has 4 rings (SSSR count). The molecule has 0 atom stereocenters. The third-order valence-electron chi connectivity index (χ3n) is 5.59. The minimum atomic E-state index is -3.48. The van der Waals surface area contributed by atoms with E-state index in [1.807, 2.05) is 0 Å². The van der Waals surface area contributed by atoms with Crippen molar-refractivity contribution in [2.75, 3.05) is 13.1 Å². The Labute approximate surface area is 204 Å². The topological polar surface area (TPSA) is 88.6 Å². The van der Waals surface area contributed by atoms with Gasteiger partial charge in [0.15, 0.2) is 11.6 Å². The van der Waals surface area contributed by atoms with Crippen LogP contribution in [0.2, 0.25) is 0 Å². The number of nitrogens with one attached hydrogen (secondary N) is 1. The fourth-order valence-electron chi connectivity index (χ4n) is 3.69. The highest BCUT2D eigenvalue weighted by molar-refractivity contribution is 7.89. The van der Waals surface area contributed by atoms with Crippen molar-refractivity contribution in [2.45, 2.75) is 30.7 Å². The summed E-state index contributed by atoms with van der Waals surface area (Å²) in [6, 6.07) is 14.3. The lowest BCUT2D eigenvalue weighted by Gasteiger charge is -2.25. The number of sulfonamides is 1. The molecule has 182 valence electrons. The second-order valence-electron chi connectivity index (χ2n) is 8.14. The van der Waals surface area contributed by atoms with E-state index in [1.54, 1.807) is 48.7 Å². The van der Waals surface area contributed by atoms with Crippen molar-refractivity contribution in [2.24, 2.45) is 0 Å². The van der Waals surface area contributed by atoms with E-state index < -0.39 is 15.8 Å². The Hall–Kier alpha value is -3.56. The molecular formula is C26H26FN3O4S. The SMILES string of the molecule is O=C(/C=C/c1ccc(Oc2cccnc2)c(F)c1)NCc1ccc(S(=O)(=O)N2CCCCC2)cc1. The molecule has 3 aromatic rings. The first-order chi connectivity index (χ1) is 16.9. The largest absolute Gasteiger partial charge is 0.453 e. The zero-order valence-corrected chi connectivity index (χ0v) is 19.9. The highest BCUT2D eigenvalue weighted by Crippen LogP contribution is 2.25. The zero-order chi connectivity index (χ0) is 24.7. The van der Waals surface area contributed by atoms with E-state index in [9.17, 15) is 17.6 Å². The molecule has 0 saturated carbocycles. The quantitative estimate of drug-likeness (QED) is 0.465. The molecule has 1 aliphatic rings. The van der Waals surface area contributed by atoms with Crippen LogP contribution in [-0.2, 0) is 21.4 Å². The van der Waals surface area contributed by atoms with E-state index >= 15 is 0 Å². The van der Waals surface area contributed by atoms with E-state index in [0.29, 0.717) is 24.4 Å². The van der Waals surface area contributed by atoms with E-state index in [-0.39, 0.29) is 23.1 Å².